The van der Waals surface area contributed by atoms with Gasteiger partial charge in [0, 0.05) is 17.3 Å². The molecule has 7 nitrogen and oxygen atoms in total. The first-order valence-electron chi connectivity index (χ1n) is 9.09. The van der Waals surface area contributed by atoms with Gasteiger partial charge in [-0.3, -0.25) is 0 Å². The Morgan fingerprint density at radius 2 is 2.19 bits per heavy atom. The zero-order chi connectivity index (χ0) is 19.2. The summed E-state index contributed by atoms with van der Waals surface area (Å²) in [5.74, 6) is 0.431. The van der Waals surface area contributed by atoms with Gasteiger partial charge in [-0.2, -0.15) is 5.10 Å². The molecule has 2 aliphatic rings. The molecule has 2 heterocycles. The topological polar surface area (TPSA) is 85.6 Å². The number of benzene rings is 1. The minimum atomic E-state index is -1.87. The third-order valence-electron chi connectivity index (χ3n) is 5.01. The second kappa shape index (κ2) is 6.67. The van der Waals surface area contributed by atoms with Gasteiger partial charge >= 0.3 is 6.03 Å². The minimum absolute atomic E-state index is 0.0441. The summed E-state index contributed by atoms with van der Waals surface area (Å²) in [6, 6.07) is 3.49. The van der Waals surface area contributed by atoms with Crippen LogP contribution in [0.15, 0.2) is 27.6 Å². The Balaban J connectivity index is 1.57. The van der Waals surface area contributed by atoms with Gasteiger partial charge in [0.2, 0.25) is 0 Å². The van der Waals surface area contributed by atoms with Crippen molar-refractivity contribution in [3.8, 4) is 5.88 Å². The number of urea groups is 1. The molecule has 0 saturated carbocycles. The van der Waals surface area contributed by atoms with E-state index in [4.69, 9.17) is 4.74 Å². The lowest BCUT2D eigenvalue weighted by molar-refractivity contribution is 0.0972. The van der Waals surface area contributed by atoms with Gasteiger partial charge in [0.05, 0.1) is 13.2 Å². The van der Waals surface area contributed by atoms with Crippen molar-refractivity contribution in [1.82, 2.24) is 9.78 Å². The van der Waals surface area contributed by atoms with Crippen LogP contribution in [0, 0.1) is 12.3 Å². The van der Waals surface area contributed by atoms with Crippen molar-refractivity contribution in [3.63, 3.8) is 0 Å². The van der Waals surface area contributed by atoms with E-state index in [0.717, 1.165) is 36.1 Å². The number of ether oxygens (including phenoxy) is 1. The zero-order valence-electron chi connectivity index (χ0n) is 15.7. The van der Waals surface area contributed by atoms with E-state index in [-0.39, 0.29) is 5.41 Å². The van der Waals surface area contributed by atoms with E-state index < -0.39 is 16.6 Å². The normalized spacial score (nSPS) is 18.5. The highest BCUT2D eigenvalue weighted by molar-refractivity contribution is 7.75. The van der Waals surface area contributed by atoms with Crippen LogP contribution in [0.1, 0.15) is 37.0 Å². The predicted octanol–water partition coefficient (Wildman–Crippen LogP) is 3.84. The molecule has 1 aromatic carbocycles. The average Bonchev–Trinajstić information content (AvgIpc) is 3.22. The Kier molecular flexibility index (Phi) is 4.46. The van der Waals surface area contributed by atoms with E-state index in [1.165, 1.54) is 11.8 Å². The van der Waals surface area contributed by atoms with Crippen LogP contribution in [0.3, 0.4) is 0 Å². The summed E-state index contributed by atoms with van der Waals surface area (Å²) in [5.41, 5.74) is 4.16. The van der Waals surface area contributed by atoms with Gasteiger partial charge in [-0.1, -0.05) is 26.0 Å². The quantitative estimate of drug-likeness (QED) is 0.794. The number of hydrogen-bond donors (Lipinski definition) is 1. The molecule has 0 radical (unpaired) electrons. The van der Waals surface area contributed by atoms with Gasteiger partial charge in [-0.25, -0.2) is 9.48 Å². The number of nitrogens with zero attached hydrogens (tertiary/aromatic N) is 3. The molecule has 27 heavy (non-hydrogen) atoms. The maximum absolute atomic E-state index is 12.6. The fourth-order valence-corrected chi connectivity index (χ4v) is 4.41. The first kappa shape index (κ1) is 18.0. The van der Waals surface area contributed by atoms with E-state index in [1.807, 2.05) is 13.0 Å². The fraction of sp³-hybridized carbons (Fsp3) is 0.474. The van der Waals surface area contributed by atoms with E-state index in [2.05, 4.69) is 34.7 Å². The Hall–Kier alpha value is -2.35. The maximum Gasteiger partial charge on any atom is 0.322 e. The van der Waals surface area contributed by atoms with Crippen LogP contribution in [0.5, 0.6) is 5.88 Å². The summed E-state index contributed by atoms with van der Waals surface area (Å²) >= 11 is 0. The first-order valence-corrected chi connectivity index (χ1v) is 10.2. The highest BCUT2D eigenvalue weighted by Crippen LogP contribution is 2.33. The summed E-state index contributed by atoms with van der Waals surface area (Å²) in [6.07, 6.45) is 4.52. The molecule has 0 atom stereocenters. The van der Waals surface area contributed by atoms with Gasteiger partial charge in [0.1, 0.15) is 0 Å². The highest BCUT2D eigenvalue weighted by Gasteiger charge is 2.28. The molecule has 4 rings (SSSR count). The van der Waals surface area contributed by atoms with Crippen molar-refractivity contribution in [2.24, 2.45) is 9.78 Å². The van der Waals surface area contributed by atoms with Crippen molar-refractivity contribution in [3.05, 3.63) is 35.0 Å². The number of hydrogen-bond acceptors (Lipinski definition) is 5. The summed E-state index contributed by atoms with van der Waals surface area (Å²) in [4.78, 5) is 12.7. The van der Waals surface area contributed by atoms with Gasteiger partial charge in [-0.05, 0) is 47.8 Å². The number of rotatable bonds is 2. The molecule has 0 spiro atoms. The third kappa shape index (κ3) is 3.45. The Labute approximate surface area is 160 Å². The van der Waals surface area contributed by atoms with Gasteiger partial charge in [0.15, 0.2) is 5.88 Å². The van der Waals surface area contributed by atoms with E-state index in [0.29, 0.717) is 23.9 Å². The van der Waals surface area contributed by atoms with Crippen LogP contribution in [-0.4, -0.2) is 22.4 Å². The number of anilines is 1. The minimum Gasteiger partial charge on any atom is -0.478 e. The molecule has 1 aliphatic heterocycles. The Bertz CT molecular complexity index is 1000. The van der Waals surface area contributed by atoms with E-state index >= 15 is 0 Å². The van der Waals surface area contributed by atoms with Crippen molar-refractivity contribution < 1.29 is 13.7 Å². The average molecular weight is 387 g/mol. The molecule has 0 saturated heterocycles. The number of carbonyl (C=O) groups excluding carboxylic acids is 1. The molecule has 144 valence electrons. The molecule has 1 aliphatic carbocycles. The van der Waals surface area contributed by atoms with Crippen LogP contribution >= 0.6 is 0 Å². The summed E-state index contributed by atoms with van der Waals surface area (Å²) in [5, 5.41) is 7.06. The molecular weight excluding hydrogens is 364 g/mol. The second-order valence-electron chi connectivity index (χ2n) is 7.94. The summed E-state index contributed by atoms with van der Waals surface area (Å²) < 4.78 is 23.8. The second-order valence-corrected chi connectivity index (χ2v) is 9.06. The predicted molar refractivity (Wildman–Crippen MR) is 102 cm³/mol. The van der Waals surface area contributed by atoms with Crippen molar-refractivity contribution >= 4 is 22.3 Å². The molecule has 2 aromatic rings. The van der Waals surface area contributed by atoms with Gasteiger partial charge < -0.3 is 18.6 Å². The number of fused-ring (bicyclic) bond motifs is 2. The van der Waals surface area contributed by atoms with E-state index in [1.54, 1.807) is 4.68 Å². The summed E-state index contributed by atoms with van der Waals surface area (Å²) in [7, 11) is -1.87. The number of aromatic nitrogens is 2. The third-order valence-corrected chi connectivity index (χ3v) is 6.00. The molecule has 0 fully saturated rings. The van der Waals surface area contributed by atoms with Crippen LogP contribution < -0.4 is 10.1 Å². The van der Waals surface area contributed by atoms with Crippen LogP contribution in [0.4, 0.5) is 10.5 Å². The van der Waals surface area contributed by atoms with Gasteiger partial charge in [-0.15, -0.1) is 10.6 Å². The number of nitrogens with one attached hydrogen (secondary N) is 1. The molecular formula is C19H23N4O3S-. The molecule has 1 aromatic heterocycles. The Morgan fingerprint density at radius 1 is 1.37 bits per heavy atom. The Morgan fingerprint density at radius 3 is 3.00 bits per heavy atom. The standard InChI is InChI=1S/C19H23N4O3S/c1-12-7-8-13-5-4-6-14(13)16(12)21-18(24)22-27(25)15-9-20-23-10-19(2,3)11-26-17(15)23/h7-9H,4-6,10-11H2,1-3H3,(H,21,24)/q-1. The monoisotopic (exact) mass is 387 g/mol. The summed E-state index contributed by atoms with van der Waals surface area (Å²) in [6.45, 7) is 7.28. The van der Waals surface area contributed by atoms with Crippen LogP contribution in [-0.2, 0) is 34.2 Å². The lowest BCUT2D eigenvalue weighted by atomic mass is 9.94. The van der Waals surface area contributed by atoms with Gasteiger partial charge in [0.25, 0.3) is 0 Å². The number of amides is 2. The molecule has 2 amide bonds. The SMILES string of the molecule is Cc1ccc2c(c1NC(=O)N=[S-](=O)c1cnn3c1OCC(C)(C)C3)CCC2. The maximum atomic E-state index is 12.6. The lowest BCUT2D eigenvalue weighted by Gasteiger charge is -2.31. The van der Waals surface area contributed by atoms with Crippen molar-refractivity contribution in [1.29, 1.82) is 0 Å². The molecule has 0 bridgehead atoms. The smallest absolute Gasteiger partial charge is 0.322 e. The zero-order valence-corrected chi connectivity index (χ0v) is 16.6. The van der Waals surface area contributed by atoms with Crippen molar-refractivity contribution in [2.75, 3.05) is 11.9 Å². The molecule has 0 unspecified atom stereocenters. The number of aryl methyl sites for hydroxylation is 2. The largest absolute Gasteiger partial charge is 0.478 e. The number of carbonyl (C=O) groups is 1. The van der Waals surface area contributed by atoms with Crippen LogP contribution in [0.2, 0.25) is 0 Å². The molecule has 1 N–H and O–H groups in total. The first-order chi connectivity index (χ1) is 12.8. The van der Waals surface area contributed by atoms with Crippen molar-refractivity contribution in [2.45, 2.75) is 51.5 Å². The lowest BCUT2D eigenvalue weighted by Crippen LogP contribution is -2.33. The van der Waals surface area contributed by atoms with E-state index in [9.17, 15) is 9.00 Å². The molecule has 8 heteroatoms. The highest BCUT2D eigenvalue weighted by atomic mass is 32.2. The fourth-order valence-electron chi connectivity index (χ4n) is 3.66. The van der Waals surface area contributed by atoms with Crippen LogP contribution in [0.25, 0.3) is 0 Å².